The van der Waals surface area contributed by atoms with Gasteiger partial charge in [-0.2, -0.15) is 0 Å². The third-order valence-electron chi connectivity index (χ3n) is 5.27. The number of carbonyl (C=O) groups is 1. The molecule has 2 aromatic carbocycles. The van der Waals surface area contributed by atoms with Gasteiger partial charge in [-0.15, -0.1) is 5.10 Å². The minimum atomic E-state index is -0.821. The van der Waals surface area contributed by atoms with E-state index in [1.165, 1.54) is 22.0 Å². The van der Waals surface area contributed by atoms with Crippen molar-refractivity contribution in [2.24, 2.45) is 0 Å². The van der Waals surface area contributed by atoms with Crippen molar-refractivity contribution >= 4 is 11.6 Å². The van der Waals surface area contributed by atoms with Gasteiger partial charge >= 0.3 is 0 Å². The number of carbonyl (C=O) groups excluding carboxylic acids is 1. The monoisotopic (exact) mass is 392 g/mol. The van der Waals surface area contributed by atoms with Crippen LogP contribution in [-0.4, -0.2) is 32.8 Å². The second-order valence-electron chi connectivity index (χ2n) is 7.25. The number of anilines is 1. The fourth-order valence-corrected chi connectivity index (χ4v) is 3.74. The minimum absolute atomic E-state index is 0.165. The van der Waals surface area contributed by atoms with Gasteiger partial charge in [-0.3, -0.25) is 4.79 Å². The molecule has 2 heterocycles. The lowest BCUT2D eigenvalue weighted by molar-refractivity contribution is 0.102. The van der Waals surface area contributed by atoms with Crippen molar-refractivity contribution in [1.29, 1.82) is 0 Å². The molecule has 0 unspecified atom stereocenters. The first-order chi connectivity index (χ1) is 14.2. The van der Waals surface area contributed by atoms with Gasteiger partial charge in [-0.05, 0) is 60.2 Å². The largest absolute Gasteiger partial charge is 0.454 e. The van der Waals surface area contributed by atoms with Crippen LogP contribution in [0, 0.1) is 0 Å². The highest BCUT2D eigenvalue weighted by Gasteiger charge is 2.19. The minimum Gasteiger partial charge on any atom is -0.454 e. The lowest BCUT2D eigenvalue weighted by Gasteiger charge is -2.11. The van der Waals surface area contributed by atoms with Gasteiger partial charge in [0.25, 0.3) is 5.91 Å². The fourth-order valence-electron chi connectivity index (χ4n) is 3.74. The molecule has 1 aromatic heterocycles. The molecule has 5 rings (SSSR count). The molecular weight excluding hydrogens is 372 g/mol. The van der Waals surface area contributed by atoms with Gasteiger partial charge in [0.1, 0.15) is 0 Å². The summed E-state index contributed by atoms with van der Waals surface area (Å²) in [6.45, 7) is 0.347. The van der Waals surface area contributed by atoms with E-state index in [0.717, 1.165) is 24.9 Å². The van der Waals surface area contributed by atoms with Gasteiger partial charge < -0.3 is 19.9 Å². The molecule has 8 nitrogen and oxygen atoms in total. The first-order valence-electron chi connectivity index (χ1n) is 9.56. The van der Waals surface area contributed by atoms with E-state index >= 15 is 0 Å². The average Bonchev–Trinajstić information content (AvgIpc) is 3.47. The molecule has 1 atom stereocenters. The number of ether oxygens (including phenoxy) is 2. The van der Waals surface area contributed by atoms with Gasteiger partial charge in [0.05, 0.1) is 18.8 Å². The molecule has 0 radical (unpaired) electrons. The molecule has 1 amide bonds. The van der Waals surface area contributed by atoms with Crippen molar-refractivity contribution in [2.75, 3.05) is 12.1 Å². The van der Waals surface area contributed by atoms with Crippen molar-refractivity contribution in [3.8, 4) is 11.5 Å². The Kier molecular flexibility index (Phi) is 4.40. The molecule has 2 aliphatic rings. The molecule has 1 aliphatic carbocycles. The zero-order valence-electron chi connectivity index (χ0n) is 15.7. The van der Waals surface area contributed by atoms with Crippen molar-refractivity contribution in [1.82, 2.24) is 15.0 Å². The summed E-state index contributed by atoms with van der Waals surface area (Å²) in [4.78, 5) is 12.5. The number of hydrogen-bond acceptors (Lipinski definition) is 6. The Morgan fingerprint density at radius 3 is 2.93 bits per heavy atom. The topological polar surface area (TPSA) is 98.5 Å². The summed E-state index contributed by atoms with van der Waals surface area (Å²) in [7, 11) is 0. The van der Waals surface area contributed by atoms with Crippen LogP contribution < -0.4 is 14.8 Å². The molecule has 3 aromatic rings. The summed E-state index contributed by atoms with van der Waals surface area (Å²) in [6.07, 6.45) is 4.01. The Balaban J connectivity index is 1.25. The third kappa shape index (κ3) is 3.54. The lowest BCUT2D eigenvalue weighted by Crippen LogP contribution is -2.13. The van der Waals surface area contributed by atoms with Gasteiger partial charge in [-0.1, -0.05) is 17.3 Å². The van der Waals surface area contributed by atoms with Crippen LogP contribution in [0.5, 0.6) is 11.5 Å². The predicted molar refractivity (Wildman–Crippen MR) is 104 cm³/mol. The maximum Gasteiger partial charge on any atom is 0.277 e. The van der Waals surface area contributed by atoms with Crippen LogP contribution in [0.25, 0.3) is 0 Å². The zero-order valence-corrected chi connectivity index (χ0v) is 15.7. The number of hydrogen-bond donors (Lipinski definition) is 2. The van der Waals surface area contributed by atoms with E-state index in [1.54, 1.807) is 18.2 Å². The number of nitrogens with one attached hydrogen (secondary N) is 1. The Hall–Kier alpha value is -3.39. The Morgan fingerprint density at radius 1 is 1.14 bits per heavy atom. The van der Waals surface area contributed by atoms with E-state index in [2.05, 4.69) is 21.7 Å². The smallest absolute Gasteiger partial charge is 0.277 e. The SMILES string of the molecule is O=C(Nc1ccc2c(c1)CCC2)c1cn(C[C@H](O)c2ccc3c(c2)OCO3)nn1. The standard InChI is InChI=1S/C21H20N4O4/c26-18(15-5-7-19-20(9-15)29-12-28-19)11-25-10-17(23-24-25)21(27)22-16-6-4-13-2-1-3-14(13)8-16/h4-10,18,26H,1-3,11-12H2,(H,22,27)/t18-/m0/s1. The molecule has 148 valence electrons. The number of rotatable bonds is 5. The van der Waals surface area contributed by atoms with Crippen LogP contribution in [-0.2, 0) is 19.4 Å². The zero-order chi connectivity index (χ0) is 19.8. The number of nitrogens with zero attached hydrogens (tertiary/aromatic N) is 3. The van der Waals surface area contributed by atoms with Crippen LogP contribution in [0.15, 0.2) is 42.6 Å². The number of aliphatic hydroxyl groups excluding tert-OH is 1. The van der Waals surface area contributed by atoms with Crippen LogP contribution in [0.4, 0.5) is 5.69 Å². The van der Waals surface area contributed by atoms with Gasteiger partial charge in [0, 0.05) is 5.69 Å². The summed E-state index contributed by atoms with van der Waals surface area (Å²) in [5.41, 5.74) is 4.27. The van der Waals surface area contributed by atoms with E-state index < -0.39 is 6.10 Å². The molecule has 0 fully saturated rings. The highest BCUT2D eigenvalue weighted by molar-refractivity contribution is 6.02. The molecule has 0 bridgehead atoms. The van der Waals surface area contributed by atoms with E-state index in [-0.39, 0.29) is 24.9 Å². The first-order valence-corrected chi connectivity index (χ1v) is 9.56. The summed E-state index contributed by atoms with van der Waals surface area (Å²) in [6, 6.07) is 11.3. The summed E-state index contributed by atoms with van der Waals surface area (Å²) >= 11 is 0. The van der Waals surface area contributed by atoms with Gasteiger partial charge in [0.15, 0.2) is 17.2 Å². The predicted octanol–water partition coefficient (Wildman–Crippen LogP) is 2.48. The average molecular weight is 392 g/mol. The Morgan fingerprint density at radius 2 is 2.00 bits per heavy atom. The summed E-state index contributed by atoms with van der Waals surface area (Å²) < 4.78 is 12.1. The maximum atomic E-state index is 12.5. The Bertz CT molecular complexity index is 1080. The fraction of sp³-hybridized carbons (Fsp3) is 0.286. The van der Waals surface area contributed by atoms with Gasteiger partial charge in [-0.25, -0.2) is 4.68 Å². The quantitative estimate of drug-likeness (QED) is 0.692. The first kappa shape index (κ1) is 17.7. The number of fused-ring (bicyclic) bond motifs is 2. The number of aromatic nitrogens is 3. The van der Waals surface area contributed by atoms with Crippen molar-refractivity contribution in [3.63, 3.8) is 0 Å². The normalized spacial score (nSPS) is 15.2. The highest BCUT2D eigenvalue weighted by atomic mass is 16.7. The number of amides is 1. The molecule has 8 heteroatoms. The molecule has 0 spiro atoms. The van der Waals surface area contributed by atoms with Crippen LogP contribution in [0.3, 0.4) is 0 Å². The molecule has 0 saturated carbocycles. The second-order valence-corrected chi connectivity index (χ2v) is 7.25. The number of aryl methyl sites for hydroxylation is 2. The van der Waals surface area contributed by atoms with Gasteiger partial charge in [0.2, 0.25) is 6.79 Å². The highest BCUT2D eigenvalue weighted by Crippen LogP contribution is 2.34. The van der Waals surface area contributed by atoms with Crippen LogP contribution in [0.2, 0.25) is 0 Å². The van der Waals surface area contributed by atoms with E-state index in [4.69, 9.17) is 9.47 Å². The maximum absolute atomic E-state index is 12.5. The molecule has 2 N–H and O–H groups in total. The molecule has 1 aliphatic heterocycles. The molecule has 0 saturated heterocycles. The summed E-state index contributed by atoms with van der Waals surface area (Å²) in [5.74, 6) is 0.938. The third-order valence-corrected chi connectivity index (χ3v) is 5.27. The summed E-state index contributed by atoms with van der Waals surface area (Å²) in [5, 5.41) is 21.3. The van der Waals surface area contributed by atoms with E-state index in [9.17, 15) is 9.90 Å². The number of aliphatic hydroxyl groups is 1. The van der Waals surface area contributed by atoms with Crippen LogP contribution in [0.1, 0.15) is 39.7 Å². The van der Waals surface area contributed by atoms with Crippen LogP contribution >= 0.6 is 0 Å². The lowest BCUT2D eigenvalue weighted by atomic mass is 10.1. The van der Waals surface area contributed by atoms with E-state index in [1.807, 2.05) is 12.1 Å². The molecular formula is C21H20N4O4. The molecule has 29 heavy (non-hydrogen) atoms. The Labute approximate surface area is 167 Å². The van der Waals surface area contributed by atoms with Crippen molar-refractivity contribution in [3.05, 3.63) is 65.0 Å². The van der Waals surface area contributed by atoms with Crippen molar-refractivity contribution in [2.45, 2.75) is 31.9 Å². The second kappa shape index (κ2) is 7.21. The van der Waals surface area contributed by atoms with E-state index in [0.29, 0.717) is 17.1 Å². The van der Waals surface area contributed by atoms with Crippen molar-refractivity contribution < 1.29 is 19.4 Å². The number of benzene rings is 2.